The quantitative estimate of drug-likeness (QED) is 0.779. The van der Waals surface area contributed by atoms with Gasteiger partial charge in [0.25, 0.3) is 0 Å². The van der Waals surface area contributed by atoms with E-state index >= 15 is 0 Å². The maximum Gasteiger partial charge on any atom is 0.167 e. The van der Waals surface area contributed by atoms with Crippen LogP contribution in [0.2, 0.25) is 0 Å². The molecule has 26 heavy (non-hydrogen) atoms. The Hall–Kier alpha value is -2.80. The Bertz CT molecular complexity index is 927. The van der Waals surface area contributed by atoms with Crippen LogP contribution >= 0.6 is 0 Å². The molecular formula is C19H18F2N4O. The summed E-state index contributed by atoms with van der Waals surface area (Å²) in [5.74, 6) is -0.579. The molecule has 0 spiro atoms. The number of rotatable bonds is 4. The standard InChI is InChI=1S/C19H18F2N4O/c1-26-17-5-4-14(20)18(21)13(17)10-25-8-6-15-16(11-25)24-19(23-15)12-3-2-7-22-9-12/h2-5,7,9H,6,8,10-11H2,1H3,(H,23,24). The lowest BCUT2D eigenvalue weighted by Gasteiger charge is -2.26. The number of imidazole rings is 1. The number of nitrogens with zero attached hydrogens (tertiary/aromatic N) is 3. The predicted octanol–water partition coefficient (Wildman–Crippen LogP) is 3.32. The molecule has 1 aliphatic rings. The van der Waals surface area contributed by atoms with Crippen molar-refractivity contribution in [3.05, 3.63) is 65.2 Å². The summed E-state index contributed by atoms with van der Waals surface area (Å²) in [7, 11) is 1.46. The number of aromatic amines is 1. The SMILES string of the molecule is COc1ccc(F)c(F)c1CN1CCc2nc(-c3cccnc3)[nH]c2C1. The van der Waals surface area contributed by atoms with Crippen molar-refractivity contribution in [2.45, 2.75) is 19.5 Å². The van der Waals surface area contributed by atoms with Gasteiger partial charge in [0.05, 0.1) is 18.5 Å². The number of fused-ring (bicyclic) bond motifs is 1. The van der Waals surface area contributed by atoms with E-state index in [0.717, 1.165) is 35.3 Å². The molecule has 0 saturated carbocycles. The van der Waals surface area contributed by atoms with E-state index in [4.69, 9.17) is 4.74 Å². The van der Waals surface area contributed by atoms with Crippen molar-refractivity contribution in [1.29, 1.82) is 0 Å². The molecule has 3 heterocycles. The van der Waals surface area contributed by atoms with Gasteiger partial charge < -0.3 is 9.72 Å². The van der Waals surface area contributed by atoms with Crippen LogP contribution in [0, 0.1) is 11.6 Å². The average Bonchev–Trinajstić information content (AvgIpc) is 3.10. The minimum absolute atomic E-state index is 0.239. The zero-order chi connectivity index (χ0) is 18.1. The molecule has 7 heteroatoms. The second-order valence-corrected chi connectivity index (χ2v) is 6.26. The smallest absolute Gasteiger partial charge is 0.167 e. The molecule has 2 aromatic heterocycles. The highest BCUT2D eigenvalue weighted by Crippen LogP contribution is 2.28. The van der Waals surface area contributed by atoms with Gasteiger partial charge in [0.15, 0.2) is 11.6 Å². The Labute approximate surface area is 149 Å². The normalized spacial score (nSPS) is 14.3. The highest BCUT2D eigenvalue weighted by Gasteiger charge is 2.24. The first-order valence-electron chi connectivity index (χ1n) is 8.37. The average molecular weight is 356 g/mol. The molecule has 0 amide bonds. The Kier molecular flexibility index (Phi) is 4.38. The van der Waals surface area contributed by atoms with E-state index < -0.39 is 11.6 Å². The molecule has 0 aliphatic carbocycles. The topological polar surface area (TPSA) is 54.0 Å². The minimum Gasteiger partial charge on any atom is -0.496 e. The first kappa shape index (κ1) is 16.7. The van der Waals surface area contributed by atoms with Crippen LogP contribution in [0.15, 0.2) is 36.7 Å². The highest BCUT2D eigenvalue weighted by molar-refractivity contribution is 5.54. The van der Waals surface area contributed by atoms with Gasteiger partial charge in [0.2, 0.25) is 0 Å². The Morgan fingerprint density at radius 1 is 1.27 bits per heavy atom. The number of pyridine rings is 1. The first-order valence-corrected chi connectivity index (χ1v) is 8.37. The molecule has 0 fully saturated rings. The van der Waals surface area contributed by atoms with E-state index in [9.17, 15) is 8.78 Å². The lowest BCUT2D eigenvalue weighted by Crippen LogP contribution is -2.30. The third-order valence-electron chi connectivity index (χ3n) is 4.60. The molecule has 0 atom stereocenters. The summed E-state index contributed by atoms with van der Waals surface area (Å²) < 4.78 is 33.0. The van der Waals surface area contributed by atoms with Gasteiger partial charge in [-0.05, 0) is 24.3 Å². The number of hydrogen-bond acceptors (Lipinski definition) is 4. The summed E-state index contributed by atoms with van der Waals surface area (Å²) in [5, 5.41) is 0. The van der Waals surface area contributed by atoms with E-state index in [1.54, 1.807) is 12.4 Å². The second kappa shape index (κ2) is 6.84. The molecule has 0 unspecified atom stereocenters. The lowest BCUT2D eigenvalue weighted by atomic mass is 10.1. The van der Waals surface area contributed by atoms with Crippen molar-refractivity contribution < 1.29 is 13.5 Å². The molecule has 4 rings (SSSR count). The molecule has 0 saturated heterocycles. The van der Waals surface area contributed by atoms with E-state index in [0.29, 0.717) is 18.8 Å². The van der Waals surface area contributed by atoms with Gasteiger partial charge in [0.1, 0.15) is 11.6 Å². The van der Waals surface area contributed by atoms with Crippen LogP contribution in [-0.4, -0.2) is 33.5 Å². The summed E-state index contributed by atoms with van der Waals surface area (Å²) >= 11 is 0. The fraction of sp³-hybridized carbons (Fsp3) is 0.263. The van der Waals surface area contributed by atoms with Crippen molar-refractivity contribution in [2.75, 3.05) is 13.7 Å². The maximum atomic E-state index is 14.2. The van der Waals surface area contributed by atoms with Gasteiger partial charge >= 0.3 is 0 Å². The Balaban J connectivity index is 1.56. The summed E-state index contributed by atoms with van der Waals surface area (Å²) in [6.07, 6.45) is 4.22. The number of methoxy groups -OCH3 is 1. The van der Waals surface area contributed by atoms with Crippen molar-refractivity contribution in [2.24, 2.45) is 0 Å². The maximum absolute atomic E-state index is 14.2. The molecule has 5 nitrogen and oxygen atoms in total. The molecule has 1 aromatic carbocycles. The predicted molar refractivity (Wildman–Crippen MR) is 92.5 cm³/mol. The van der Waals surface area contributed by atoms with Crippen molar-refractivity contribution in [3.63, 3.8) is 0 Å². The zero-order valence-electron chi connectivity index (χ0n) is 14.3. The Morgan fingerprint density at radius 2 is 2.15 bits per heavy atom. The summed E-state index contributed by atoms with van der Waals surface area (Å²) in [6, 6.07) is 6.35. The third-order valence-corrected chi connectivity index (χ3v) is 4.60. The van der Waals surface area contributed by atoms with Crippen LogP contribution in [-0.2, 0) is 19.5 Å². The lowest BCUT2D eigenvalue weighted by molar-refractivity contribution is 0.233. The van der Waals surface area contributed by atoms with Crippen molar-refractivity contribution in [3.8, 4) is 17.1 Å². The third kappa shape index (κ3) is 3.06. The van der Waals surface area contributed by atoms with Crippen LogP contribution in [0.1, 0.15) is 17.0 Å². The molecule has 134 valence electrons. The number of aromatic nitrogens is 3. The van der Waals surface area contributed by atoms with Crippen molar-refractivity contribution >= 4 is 0 Å². The number of H-pyrrole nitrogens is 1. The monoisotopic (exact) mass is 356 g/mol. The number of halogens is 2. The Morgan fingerprint density at radius 3 is 2.92 bits per heavy atom. The van der Waals surface area contributed by atoms with Crippen molar-refractivity contribution in [1.82, 2.24) is 19.9 Å². The molecule has 0 bridgehead atoms. The highest BCUT2D eigenvalue weighted by atomic mass is 19.2. The van der Waals surface area contributed by atoms with Gasteiger partial charge in [-0.25, -0.2) is 13.8 Å². The van der Waals surface area contributed by atoms with Crippen LogP contribution < -0.4 is 4.74 Å². The fourth-order valence-electron chi connectivity index (χ4n) is 3.26. The van der Waals surface area contributed by atoms with E-state index in [1.165, 1.54) is 13.2 Å². The van der Waals surface area contributed by atoms with Crippen LogP contribution in [0.4, 0.5) is 8.78 Å². The van der Waals surface area contributed by atoms with Gasteiger partial charge in [0, 0.05) is 49.6 Å². The summed E-state index contributed by atoms with van der Waals surface area (Å²) in [5.41, 5.74) is 3.16. The first-order chi connectivity index (χ1) is 12.7. The second-order valence-electron chi connectivity index (χ2n) is 6.26. The number of hydrogen-bond donors (Lipinski definition) is 1. The van der Waals surface area contributed by atoms with E-state index in [2.05, 4.69) is 15.0 Å². The molecule has 0 radical (unpaired) electrons. The van der Waals surface area contributed by atoms with E-state index in [-0.39, 0.29) is 12.1 Å². The molecule has 3 aromatic rings. The van der Waals surface area contributed by atoms with Gasteiger partial charge in [-0.3, -0.25) is 9.88 Å². The molecular weight excluding hydrogens is 338 g/mol. The van der Waals surface area contributed by atoms with E-state index in [1.807, 2.05) is 17.0 Å². The number of benzene rings is 1. The fourth-order valence-corrected chi connectivity index (χ4v) is 3.26. The number of nitrogens with one attached hydrogen (secondary N) is 1. The van der Waals surface area contributed by atoms with Crippen LogP contribution in [0.3, 0.4) is 0 Å². The summed E-state index contributed by atoms with van der Waals surface area (Å²) in [4.78, 5) is 14.1. The molecule has 1 N–H and O–H groups in total. The molecule has 1 aliphatic heterocycles. The van der Waals surface area contributed by atoms with Gasteiger partial charge in [-0.1, -0.05) is 0 Å². The van der Waals surface area contributed by atoms with Crippen LogP contribution in [0.25, 0.3) is 11.4 Å². The zero-order valence-corrected chi connectivity index (χ0v) is 14.3. The van der Waals surface area contributed by atoms with Gasteiger partial charge in [-0.15, -0.1) is 0 Å². The van der Waals surface area contributed by atoms with Gasteiger partial charge in [-0.2, -0.15) is 0 Å². The van der Waals surface area contributed by atoms with Crippen LogP contribution in [0.5, 0.6) is 5.75 Å². The minimum atomic E-state index is -0.862. The largest absolute Gasteiger partial charge is 0.496 e. The number of ether oxygens (including phenoxy) is 1. The summed E-state index contributed by atoms with van der Waals surface area (Å²) in [6.45, 7) is 1.57.